The summed E-state index contributed by atoms with van der Waals surface area (Å²) in [4.78, 5) is 3.95. The van der Waals surface area contributed by atoms with Crippen molar-refractivity contribution >= 4 is 5.82 Å². The highest BCUT2D eigenvalue weighted by Crippen LogP contribution is 2.34. The molecule has 0 radical (unpaired) electrons. The molecule has 2 rings (SSSR count). The van der Waals surface area contributed by atoms with Crippen molar-refractivity contribution in [2.75, 3.05) is 12.3 Å². The molecule has 0 aromatic carbocycles. The van der Waals surface area contributed by atoms with Crippen LogP contribution in [0.1, 0.15) is 31.4 Å². The minimum atomic E-state index is -0.504. The van der Waals surface area contributed by atoms with Crippen LogP contribution in [0.15, 0.2) is 18.3 Å². The lowest BCUT2D eigenvalue weighted by Crippen LogP contribution is -2.32. The first-order valence-corrected chi connectivity index (χ1v) is 5.24. The van der Waals surface area contributed by atoms with Crippen LogP contribution in [0.3, 0.4) is 0 Å². The van der Waals surface area contributed by atoms with E-state index < -0.39 is 6.10 Å². The van der Waals surface area contributed by atoms with E-state index >= 15 is 0 Å². The Morgan fingerprint density at radius 1 is 1.60 bits per heavy atom. The van der Waals surface area contributed by atoms with Gasteiger partial charge in [0, 0.05) is 23.8 Å². The maximum atomic E-state index is 9.86. The van der Waals surface area contributed by atoms with Crippen LogP contribution in [0.5, 0.6) is 0 Å². The second kappa shape index (κ2) is 3.79. The first kappa shape index (κ1) is 10.4. The molecular formula is C11H17N3O. The fourth-order valence-corrected chi connectivity index (χ4v) is 1.44. The molecule has 1 aromatic heterocycles. The number of nitrogens with zero attached hydrogens (tertiary/aromatic N) is 1. The van der Waals surface area contributed by atoms with Gasteiger partial charge in [-0.05, 0) is 25.8 Å². The molecule has 82 valence electrons. The summed E-state index contributed by atoms with van der Waals surface area (Å²) in [5, 5.41) is 13.2. The van der Waals surface area contributed by atoms with Crippen LogP contribution in [0, 0.1) is 0 Å². The van der Waals surface area contributed by atoms with Crippen LogP contribution >= 0.6 is 0 Å². The topological polar surface area (TPSA) is 71.2 Å². The third-order valence-electron chi connectivity index (χ3n) is 2.92. The Bertz CT molecular complexity index is 332. The van der Waals surface area contributed by atoms with Crippen molar-refractivity contribution in [1.29, 1.82) is 0 Å². The highest BCUT2D eigenvalue weighted by Gasteiger charge is 2.36. The lowest BCUT2D eigenvalue weighted by atomic mass is 10.1. The van der Waals surface area contributed by atoms with Gasteiger partial charge in [0.05, 0.1) is 6.10 Å². The Morgan fingerprint density at radius 2 is 2.33 bits per heavy atom. The van der Waals surface area contributed by atoms with Crippen LogP contribution in [-0.2, 0) is 0 Å². The van der Waals surface area contributed by atoms with E-state index in [9.17, 15) is 5.11 Å². The van der Waals surface area contributed by atoms with Crippen LogP contribution < -0.4 is 11.1 Å². The van der Waals surface area contributed by atoms with E-state index in [0.717, 1.165) is 5.56 Å². The quantitative estimate of drug-likeness (QED) is 0.684. The average molecular weight is 207 g/mol. The predicted molar refractivity (Wildman–Crippen MR) is 59.3 cm³/mol. The van der Waals surface area contributed by atoms with Gasteiger partial charge in [-0.15, -0.1) is 0 Å². The number of hydrogen-bond donors (Lipinski definition) is 3. The minimum Gasteiger partial charge on any atom is -0.387 e. The van der Waals surface area contributed by atoms with Gasteiger partial charge in [-0.25, -0.2) is 4.98 Å². The van der Waals surface area contributed by atoms with Crippen molar-refractivity contribution in [2.45, 2.75) is 31.4 Å². The monoisotopic (exact) mass is 207 g/mol. The molecule has 0 saturated heterocycles. The van der Waals surface area contributed by atoms with Gasteiger partial charge in [0.2, 0.25) is 0 Å². The summed E-state index contributed by atoms with van der Waals surface area (Å²) >= 11 is 0. The van der Waals surface area contributed by atoms with Crippen molar-refractivity contribution in [1.82, 2.24) is 10.3 Å². The molecular weight excluding hydrogens is 190 g/mol. The number of β-amino-alcohol motifs (C(OH)–C–C–N with tert-alkyl or cyclic N) is 1. The van der Waals surface area contributed by atoms with Gasteiger partial charge in [0.1, 0.15) is 5.82 Å². The number of aromatic nitrogens is 1. The average Bonchev–Trinajstić information content (AvgIpc) is 2.95. The van der Waals surface area contributed by atoms with Gasteiger partial charge in [-0.2, -0.15) is 0 Å². The molecule has 1 aliphatic rings. The summed E-state index contributed by atoms with van der Waals surface area (Å²) in [6, 6.07) is 3.52. The Hall–Kier alpha value is -1.13. The van der Waals surface area contributed by atoms with E-state index in [0.29, 0.717) is 12.4 Å². The molecule has 1 fully saturated rings. The van der Waals surface area contributed by atoms with Crippen molar-refractivity contribution in [3.8, 4) is 0 Å². The zero-order valence-corrected chi connectivity index (χ0v) is 8.90. The third-order valence-corrected chi connectivity index (χ3v) is 2.92. The molecule has 1 aromatic rings. The third kappa shape index (κ3) is 2.67. The SMILES string of the molecule is CC1(NC[C@H](O)c2ccc(N)nc2)CC1. The second-order valence-corrected chi connectivity index (χ2v) is 4.47. The summed E-state index contributed by atoms with van der Waals surface area (Å²) in [6.07, 6.45) is 3.51. The largest absolute Gasteiger partial charge is 0.387 e. The highest BCUT2D eigenvalue weighted by molar-refractivity contribution is 5.30. The molecule has 1 aliphatic carbocycles. The van der Waals surface area contributed by atoms with E-state index in [1.165, 1.54) is 12.8 Å². The smallest absolute Gasteiger partial charge is 0.123 e. The number of pyridine rings is 1. The summed E-state index contributed by atoms with van der Waals surface area (Å²) in [5.41, 5.74) is 6.53. The lowest BCUT2D eigenvalue weighted by Gasteiger charge is -2.16. The molecule has 0 aliphatic heterocycles. The highest BCUT2D eigenvalue weighted by atomic mass is 16.3. The van der Waals surface area contributed by atoms with Crippen LogP contribution in [0.2, 0.25) is 0 Å². The van der Waals surface area contributed by atoms with Gasteiger partial charge in [0.15, 0.2) is 0 Å². The van der Waals surface area contributed by atoms with Gasteiger partial charge in [-0.1, -0.05) is 6.07 Å². The zero-order chi connectivity index (χ0) is 10.9. The normalized spacial score (nSPS) is 19.9. The minimum absolute atomic E-state index is 0.252. The van der Waals surface area contributed by atoms with Crippen molar-refractivity contribution < 1.29 is 5.11 Å². The summed E-state index contributed by atoms with van der Waals surface area (Å²) < 4.78 is 0. The van der Waals surface area contributed by atoms with Crippen molar-refractivity contribution in [3.05, 3.63) is 23.9 Å². The van der Waals surface area contributed by atoms with E-state index in [4.69, 9.17) is 5.73 Å². The maximum absolute atomic E-state index is 9.86. The predicted octanol–water partition coefficient (Wildman–Crippen LogP) is 0.839. The molecule has 15 heavy (non-hydrogen) atoms. The molecule has 4 N–H and O–H groups in total. The molecule has 0 spiro atoms. The number of nitrogen functional groups attached to an aromatic ring is 1. The summed E-state index contributed by atoms with van der Waals surface area (Å²) in [5.74, 6) is 0.480. The molecule has 1 atom stereocenters. The van der Waals surface area contributed by atoms with Gasteiger partial charge < -0.3 is 16.2 Å². The number of rotatable bonds is 4. The number of aliphatic hydroxyl groups is 1. The zero-order valence-electron chi connectivity index (χ0n) is 8.90. The van der Waals surface area contributed by atoms with Gasteiger partial charge >= 0.3 is 0 Å². The standard InChI is InChI=1S/C11H17N3O/c1-11(4-5-11)14-7-9(15)8-2-3-10(12)13-6-8/h2-3,6,9,14-15H,4-5,7H2,1H3,(H2,12,13)/t9-/m0/s1. The van der Waals surface area contributed by atoms with E-state index in [1.807, 2.05) is 6.07 Å². The first-order chi connectivity index (χ1) is 7.09. The number of hydrogen-bond acceptors (Lipinski definition) is 4. The van der Waals surface area contributed by atoms with Crippen LogP contribution in [-0.4, -0.2) is 22.2 Å². The lowest BCUT2D eigenvalue weighted by molar-refractivity contribution is 0.169. The fourth-order valence-electron chi connectivity index (χ4n) is 1.44. The second-order valence-electron chi connectivity index (χ2n) is 4.47. The molecule has 0 unspecified atom stereocenters. The van der Waals surface area contributed by atoms with Crippen molar-refractivity contribution in [3.63, 3.8) is 0 Å². The molecule has 4 heteroatoms. The Kier molecular flexibility index (Phi) is 2.63. The Labute approximate surface area is 89.5 Å². The number of nitrogens with one attached hydrogen (secondary N) is 1. The summed E-state index contributed by atoms with van der Waals surface area (Å²) in [7, 11) is 0. The van der Waals surface area contributed by atoms with Crippen LogP contribution in [0.25, 0.3) is 0 Å². The maximum Gasteiger partial charge on any atom is 0.123 e. The number of aliphatic hydroxyl groups excluding tert-OH is 1. The van der Waals surface area contributed by atoms with E-state index in [2.05, 4.69) is 17.2 Å². The summed E-state index contributed by atoms with van der Waals surface area (Å²) in [6.45, 7) is 2.74. The Morgan fingerprint density at radius 3 is 2.87 bits per heavy atom. The Balaban J connectivity index is 1.89. The van der Waals surface area contributed by atoms with Gasteiger partial charge in [0.25, 0.3) is 0 Å². The number of nitrogens with two attached hydrogens (primary N) is 1. The fraction of sp³-hybridized carbons (Fsp3) is 0.545. The first-order valence-electron chi connectivity index (χ1n) is 5.24. The molecule has 0 bridgehead atoms. The van der Waals surface area contributed by atoms with E-state index in [-0.39, 0.29) is 5.54 Å². The van der Waals surface area contributed by atoms with E-state index in [1.54, 1.807) is 12.3 Å². The molecule has 1 saturated carbocycles. The van der Waals surface area contributed by atoms with Crippen LogP contribution in [0.4, 0.5) is 5.82 Å². The molecule has 0 amide bonds. The molecule has 1 heterocycles. The van der Waals surface area contributed by atoms with Crippen molar-refractivity contribution in [2.24, 2.45) is 0 Å². The number of anilines is 1. The molecule has 4 nitrogen and oxygen atoms in total. The van der Waals surface area contributed by atoms with Gasteiger partial charge in [-0.3, -0.25) is 0 Å².